The Morgan fingerprint density at radius 2 is 1.77 bits per heavy atom. The molecule has 0 radical (unpaired) electrons. The van der Waals surface area contributed by atoms with Gasteiger partial charge in [0.2, 0.25) is 15.9 Å². The molecule has 0 aromatic heterocycles. The van der Waals surface area contributed by atoms with E-state index in [4.69, 9.17) is 0 Å². The van der Waals surface area contributed by atoms with E-state index in [1.165, 1.54) is 6.07 Å². The number of nitrogens with zero attached hydrogens (tertiary/aromatic N) is 2. The van der Waals surface area contributed by atoms with Crippen LogP contribution in [-0.2, 0) is 21.0 Å². The number of anilines is 1. The molecular weight excluding hydrogens is 369 g/mol. The largest absolute Gasteiger partial charge is 0.416 e. The third-order valence-electron chi connectivity index (χ3n) is 4.35. The van der Waals surface area contributed by atoms with Crippen LogP contribution in [0.1, 0.15) is 37.7 Å². The van der Waals surface area contributed by atoms with Gasteiger partial charge in [-0.05, 0) is 31.0 Å². The van der Waals surface area contributed by atoms with Gasteiger partial charge in [-0.25, -0.2) is 8.42 Å². The Kier molecular flexibility index (Phi) is 6.54. The normalized spacial score (nSPS) is 16.2. The second-order valence-corrected chi connectivity index (χ2v) is 8.34. The van der Waals surface area contributed by atoms with Crippen molar-refractivity contribution < 1.29 is 26.4 Å². The molecule has 9 heteroatoms. The first-order valence-corrected chi connectivity index (χ1v) is 10.4. The third kappa shape index (κ3) is 5.62. The fraction of sp³-hybridized carbons (Fsp3) is 0.588. The van der Waals surface area contributed by atoms with Gasteiger partial charge < -0.3 is 4.90 Å². The first-order valence-electron chi connectivity index (χ1n) is 8.52. The van der Waals surface area contributed by atoms with E-state index in [1.807, 2.05) is 0 Å². The SMILES string of the molecule is CS(=O)(=O)N(CCC(=O)N1CCCCCC1)c1cccc(C(F)(F)F)c1. The fourth-order valence-corrected chi connectivity index (χ4v) is 3.92. The number of hydrogen-bond acceptors (Lipinski definition) is 3. The summed E-state index contributed by atoms with van der Waals surface area (Å²) >= 11 is 0. The van der Waals surface area contributed by atoms with Crippen LogP contribution in [0.4, 0.5) is 18.9 Å². The molecule has 0 bridgehead atoms. The minimum Gasteiger partial charge on any atom is -0.343 e. The highest BCUT2D eigenvalue weighted by molar-refractivity contribution is 7.92. The lowest BCUT2D eigenvalue weighted by molar-refractivity contribution is -0.137. The highest BCUT2D eigenvalue weighted by Crippen LogP contribution is 2.32. The summed E-state index contributed by atoms with van der Waals surface area (Å²) in [5.74, 6) is -0.174. The van der Waals surface area contributed by atoms with Crippen molar-refractivity contribution >= 4 is 21.6 Å². The molecule has 1 aliphatic rings. The van der Waals surface area contributed by atoms with Crippen LogP contribution >= 0.6 is 0 Å². The number of sulfonamides is 1. The van der Waals surface area contributed by atoms with Crippen molar-refractivity contribution in [1.29, 1.82) is 0 Å². The van der Waals surface area contributed by atoms with Gasteiger partial charge in [0.05, 0.1) is 17.5 Å². The molecule has 1 aliphatic heterocycles. The minimum atomic E-state index is -4.57. The molecule has 1 saturated heterocycles. The lowest BCUT2D eigenvalue weighted by atomic mass is 10.2. The number of likely N-dealkylation sites (tertiary alicyclic amines) is 1. The fourth-order valence-electron chi connectivity index (χ4n) is 3.00. The molecule has 1 aromatic carbocycles. The van der Waals surface area contributed by atoms with Crippen LogP contribution in [0.2, 0.25) is 0 Å². The minimum absolute atomic E-state index is 0.0662. The summed E-state index contributed by atoms with van der Waals surface area (Å²) in [7, 11) is -3.82. The zero-order chi connectivity index (χ0) is 19.4. The quantitative estimate of drug-likeness (QED) is 0.773. The van der Waals surface area contributed by atoms with Crippen LogP contribution in [0.3, 0.4) is 0 Å². The van der Waals surface area contributed by atoms with Crippen molar-refractivity contribution in [2.24, 2.45) is 0 Å². The summed E-state index contributed by atoms with van der Waals surface area (Å²) in [6.45, 7) is 1.10. The average molecular weight is 392 g/mol. The molecule has 0 spiro atoms. The van der Waals surface area contributed by atoms with Crippen molar-refractivity contribution in [2.75, 3.05) is 30.2 Å². The van der Waals surface area contributed by atoms with E-state index in [-0.39, 0.29) is 24.6 Å². The van der Waals surface area contributed by atoms with E-state index in [9.17, 15) is 26.4 Å². The maximum atomic E-state index is 12.9. The van der Waals surface area contributed by atoms with Gasteiger partial charge in [-0.15, -0.1) is 0 Å². The maximum absolute atomic E-state index is 12.9. The van der Waals surface area contributed by atoms with Crippen molar-refractivity contribution in [3.05, 3.63) is 29.8 Å². The van der Waals surface area contributed by atoms with Crippen molar-refractivity contribution in [1.82, 2.24) is 4.90 Å². The number of alkyl halides is 3. The van der Waals surface area contributed by atoms with Gasteiger partial charge >= 0.3 is 6.18 Å². The summed E-state index contributed by atoms with van der Waals surface area (Å²) in [5, 5.41) is 0. The number of hydrogen-bond donors (Lipinski definition) is 0. The Morgan fingerprint density at radius 1 is 1.15 bits per heavy atom. The first kappa shape index (κ1) is 20.5. The van der Waals surface area contributed by atoms with Gasteiger partial charge in [-0.2, -0.15) is 13.2 Å². The smallest absolute Gasteiger partial charge is 0.343 e. The Bertz CT molecular complexity index is 727. The number of rotatable bonds is 5. The van der Waals surface area contributed by atoms with Crippen LogP contribution in [-0.4, -0.2) is 45.1 Å². The molecular formula is C17H23F3N2O3S. The Labute approximate surface area is 151 Å². The molecule has 0 N–H and O–H groups in total. The highest BCUT2D eigenvalue weighted by atomic mass is 32.2. The van der Waals surface area contributed by atoms with Gasteiger partial charge in [0.15, 0.2) is 0 Å². The molecule has 1 amide bonds. The molecule has 1 fully saturated rings. The monoisotopic (exact) mass is 392 g/mol. The molecule has 2 rings (SSSR count). The standard InChI is InChI=1S/C17H23F3N2O3S/c1-26(24,25)22(15-8-6-7-14(13-15)17(18,19)20)12-9-16(23)21-10-4-2-3-5-11-21/h6-8,13H,2-5,9-12H2,1H3. The van der Waals surface area contributed by atoms with E-state index < -0.39 is 21.8 Å². The lowest BCUT2D eigenvalue weighted by Gasteiger charge is -2.25. The van der Waals surface area contributed by atoms with Crippen molar-refractivity contribution in [2.45, 2.75) is 38.3 Å². The van der Waals surface area contributed by atoms with Crippen LogP contribution < -0.4 is 4.31 Å². The van der Waals surface area contributed by atoms with Crippen molar-refractivity contribution in [3.8, 4) is 0 Å². The molecule has 0 saturated carbocycles. The number of halogens is 3. The van der Waals surface area contributed by atoms with Crippen molar-refractivity contribution in [3.63, 3.8) is 0 Å². The zero-order valence-corrected chi connectivity index (χ0v) is 15.4. The number of carbonyl (C=O) groups is 1. The van der Waals surface area contributed by atoms with Gasteiger partial charge in [0.1, 0.15) is 0 Å². The predicted molar refractivity (Wildman–Crippen MR) is 93.3 cm³/mol. The van der Waals surface area contributed by atoms with Gasteiger partial charge in [0, 0.05) is 26.1 Å². The van der Waals surface area contributed by atoms with E-state index >= 15 is 0 Å². The van der Waals surface area contributed by atoms with Crippen LogP contribution in [0.15, 0.2) is 24.3 Å². The Balaban J connectivity index is 2.15. The number of carbonyl (C=O) groups excluding carboxylic acids is 1. The molecule has 0 atom stereocenters. The molecule has 1 heterocycles. The molecule has 26 heavy (non-hydrogen) atoms. The van der Waals surface area contributed by atoms with E-state index in [1.54, 1.807) is 4.90 Å². The van der Waals surface area contributed by atoms with E-state index in [0.717, 1.165) is 54.4 Å². The number of benzene rings is 1. The van der Waals surface area contributed by atoms with Crippen LogP contribution in [0.5, 0.6) is 0 Å². The Hall–Kier alpha value is -1.77. The predicted octanol–water partition coefficient (Wildman–Crippen LogP) is 3.26. The Morgan fingerprint density at radius 3 is 2.31 bits per heavy atom. The third-order valence-corrected chi connectivity index (χ3v) is 5.54. The first-order chi connectivity index (χ1) is 12.1. The molecule has 0 unspecified atom stereocenters. The second-order valence-electron chi connectivity index (χ2n) is 6.43. The summed E-state index contributed by atoms with van der Waals surface area (Å²) < 4.78 is 63.7. The molecule has 5 nitrogen and oxygen atoms in total. The maximum Gasteiger partial charge on any atom is 0.416 e. The lowest BCUT2D eigenvalue weighted by Crippen LogP contribution is -2.37. The molecule has 146 valence electrons. The van der Waals surface area contributed by atoms with Crippen LogP contribution in [0.25, 0.3) is 0 Å². The number of amides is 1. The zero-order valence-electron chi connectivity index (χ0n) is 14.6. The van der Waals surface area contributed by atoms with Gasteiger partial charge in [0.25, 0.3) is 0 Å². The average Bonchev–Trinajstić information content (AvgIpc) is 2.82. The summed E-state index contributed by atoms with van der Waals surface area (Å²) in [4.78, 5) is 14.1. The highest BCUT2D eigenvalue weighted by Gasteiger charge is 2.31. The second kappa shape index (κ2) is 8.28. The topological polar surface area (TPSA) is 57.7 Å². The van der Waals surface area contributed by atoms with Gasteiger partial charge in [-0.3, -0.25) is 9.10 Å². The molecule has 0 aliphatic carbocycles. The summed E-state index contributed by atoms with van der Waals surface area (Å²) in [6.07, 6.45) is 0.227. The van der Waals surface area contributed by atoms with E-state index in [2.05, 4.69) is 0 Å². The summed E-state index contributed by atoms with van der Waals surface area (Å²) in [6, 6.07) is 4.13. The van der Waals surface area contributed by atoms with E-state index in [0.29, 0.717) is 13.1 Å². The van der Waals surface area contributed by atoms with Gasteiger partial charge in [-0.1, -0.05) is 18.9 Å². The summed E-state index contributed by atoms with van der Waals surface area (Å²) in [5.41, 5.74) is -1.02. The van der Waals surface area contributed by atoms with Crippen LogP contribution in [0, 0.1) is 0 Å². The molecule has 1 aromatic rings.